The van der Waals surface area contributed by atoms with Gasteiger partial charge >= 0.3 is 0 Å². The molecular formula is C26H28N2. The first-order chi connectivity index (χ1) is 13.7. The van der Waals surface area contributed by atoms with Gasteiger partial charge in [0.05, 0.1) is 5.71 Å². The minimum Gasteiger partial charge on any atom is -0.341 e. The third-order valence-corrected chi connectivity index (χ3v) is 4.79. The first-order valence-electron chi connectivity index (χ1n) is 9.94. The number of hydrogen-bond donors (Lipinski definition) is 0. The first kappa shape index (κ1) is 19.6. The van der Waals surface area contributed by atoms with E-state index in [2.05, 4.69) is 122 Å². The second-order valence-corrected chi connectivity index (χ2v) is 6.68. The SMILES string of the molecule is CC/N=C(\C=C/C=C1/C=Cc2ccccc2N1CC)/C=C\c1ccccc1C. The van der Waals surface area contributed by atoms with Crippen LogP contribution < -0.4 is 4.90 Å². The van der Waals surface area contributed by atoms with E-state index in [0.29, 0.717) is 0 Å². The number of aliphatic imine (C=N–C) groups is 1. The molecule has 2 nitrogen and oxygen atoms in total. The molecule has 0 spiro atoms. The summed E-state index contributed by atoms with van der Waals surface area (Å²) in [6, 6.07) is 16.9. The van der Waals surface area contributed by atoms with Gasteiger partial charge in [0.2, 0.25) is 0 Å². The largest absolute Gasteiger partial charge is 0.341 e. The summed E-state index contributed by atoms with van der Waals surface area (Å²) in [5.41, 5.74) is 7.18. The number of fused-ring (bicyclic) bond motifs is 1. The average molecular weight is 369 g/mol. The lowest BCUT2D eigenvalue weighted by molar-refractivity contribution is 0.971. The molecule has 2 heteroatoms. The van der Waals surface area contributed by atoms with E-state index in [0.717, 1.165) is 18.8 Å². The van der Waals surface area contributed by atoms with Crippen LogP contribution >= 0.6 is 0 Å². The fourth-order valence-electron chi connectivity index (χ4n) is 3.31. The van der Waals surface area contributed by atoms with Crippen LogP contribution in [0, 0.1) is 6.92 Å². The average Bonchev–Trinajstić information content (AvgIpc) is 2.72. The maximum absolute atomic E-state index is 4.61. The number of rotatable bonds is 6. The highest BCUT2D eigenvalue weighted by Crippen LogP contribution is 2.30. The second kappa shape index (κ2) is 9.70. The molecule has 0 N–H and O–H groups in total. The van der Waals surface area contributed by atoms with Crippen LogP contribution in [0.3, 0.4) is 0 Å². The van der Waals surface area contributed by atoms with Crippen molar-refractivity contribution < 1.29 is 0 Å². The van der Waals surface area contributed by atoms with Gasteiger partial charge in [0.25, 0.3) is 0 Å². The number of benzene rings is 2. The van der Waals surface area contributed by atoms with Gasteiger partial charge in [0.1, 0.15) is 0 Å². The maximum atomic E-state index is 4.61. The lowest BCUT2D eigenvalue weighted by atomic mass is 10.1. The fourth-order valence-corrected chi connectivity index (χ4v) is 3.31. The van der Waals surface area contributed by atoms with Crippen molar-refractivity contribution in [2.75, 3.05) is 18.0 Å². The monoisotopic (exact) mass is 368 g/mol. The predicted molar refractivity (Wildman–Crippen MR) is 124 cm³/mol. The highest BCUT2D eigenvalue weighted by atomic mass is 15.1. The van der Waals surface area contributed by atoms with Gasteiger partial charge in [-0.05, 0) is 67.8 Å². The Morgan fingerprint density at radius 2 is 1.75 bits per heavy atom. The van der Waals surface area contributed by atoms with Gasteiger partial charge in [0.15, 0.2) is 0 Å². The Balaban J connectivity index is 1.79. The number of aryl methyl sites for hydroxylation is 1. The molecule has 3 rings (SSSR count). The zero-order chi connectivity index (χ0) is 19.8. The van der Waals surface area contributed by atoms with Crippen LogP contribution in [0.15, 0.2) is 89.6 Å². The van der Waals surface area contributed by atoms with E-state index >= 15 is 0 Å². The summed E-state index contributed by atoms with van der Waals surface area (Å²) in [5, 5.41) is 0. The van der Waals surface area contributed by atoms with E-state index in [1.807, 2.05) is 0 Å². The minimum atomic E-state index is 0.767. The summed E-state index contributed by atoms with van der Waals surface area (Å²) < 4.78 is 0. The zero-order valence-electron chi connectivity index (χ0n) is 17.0. The lowest BCUT2D eigenvalue weighted by Gasteiger charge is -2.29. The van der Waals surface area contributed by atoms with Crippen molar-refractivity contribution in [1.82, 2.24) is 0 Å². The molecule has 0 bridgehead atoms. The van der Waals surface area contributed by atoms with Gasteiger partial charge in [-0.1, -0.05) is 60.7 Å². The van der Waals surface area contributed by atoms with Crippen LogP contribution in [0.4, 0.5) is 5.69 Å². The van der Waals surface area contributed by atoms with Crippen molar-refractivity contribution in [2.24, 2.45) is 4.99 Å². The summed E-state index contributed by atoms with van der Waals surface area (Å²) in [6.07, 6.45) is 14.9. The van der Waals surface area contributed by atoms with Crippen molar-refractivity contribution in [3.63, 3.8) is 0 Å². The van der Waals surface area contributed by atoms with E-state index < -0.39 is 0 Å². The summed E-state index contributed by atoms with van der Waals surface area (Å²) in [6.45, 7) is 8.08. The summed E-state index contributed by atoms with van der Waals surface area (Å²) >= 11 is 0. The molecule has 0 aromatic heterocycles. The Morgan fingerprint density at radius 3 is 2.54 bits per heavy atom. The van der Waals surface area contributed by atoms with E-state index in [-0.39, 0.29) is 0 Å². The Morgan fingerprint density at radius 1 is 0.964 bits per heavy atom. The van der Waals surface area contributed by atoms with E-state index in [4.69, 9.17) is 0 Å². The molecule has 0 amide bonds. The molecule has 142 valence electrons. The summed E-state index contributed by atoms with van der Waals surface area (Å²) in [7, 11) is 0. The van der Waals surface area contributed by atoms with Crippen LogP contribution in [-0.4, -0.2) is 18.8 Å². The number of allylic oxidation sites excluding steroid dienone is 5. The molecular weight excluding hydrogens is 340 g/mol. The Hall–Kier alpha value is -3.13. The number of anilines is 1. The van der Waals surface area contributed by atoms with Crippen LogP contribution in [0.2, 0.25) is 0 Å². The minimum absolute atomic E-state index is 0.767. The number of likely N-dealkylation sites (N-methyl/N-ethyl adjacent to an activating group) is 1. The molecule has 2 aromatic carbocycles. The van der Waals surface area contributed by atoms with Crippen molar-refractivity contribution in [3.05, 3.63) is 101 Å². The van der Waals surface area contributed by atoms with Crippen LogP contribution in [0.5, 0.6) is 0 Å². The van der Waals surface area contributed by atoms with Gasteiger partial charge in [-0.15, -0.1) is 0 Å². The Labute approximate surface area is 168 Å². The van der Waals surface area contributed by atoms with E-state index in [1.54, 1.807) is 0 Å². The molecule has 0 aliphatic carbocycles. The molecule has 0 saturated heterocycles. The fraction of sp³-hybridized carbons (Fsp3) is 0.192. The molecule has 1 heterocycles. The molecule has 0 radical (unpaired) electrons. The molecule has 0 unspecified atom stereocenters. The van der Waals surface area contributed by atoms with E-state index in [1.165, 1.54) is 28.1 Å². The molecule has 0 atom stereocenters. The molecule has 0 saturated carbocycles. The summed E-state index contributed by atoms with van der Waals surface area (Å²) in [5.74, 6) is 0. The van der Waals surface area contributed by atoms with Crippen LogP contribution in [0.1, 0.15) is 30.5 Å². The second-order valence-electron chi connectivity index (χ2n) is 6.68. The quantitative estimate of drug-likeness (QED) is 0.534. The maximum Gasteiger partial charge on any atom is 0.0574 e. The van der Waals surface area contributed by atoms with Gasteiger partial charge in [-0.25, -0.2) is 0 Å². The third kappa shape index (κ3) is 4.77. The van der Waals surface area contributed by atoms with Crippen molar-refractivity contribution >= 4 is 23.6 Å². The van der Waals surface area contributed by atoms with Crippen LogP contribution in [0.25, 0.3) is 12.2 Å². The Bertz CT molecular complexity index is 958. The molecule has 0 fully saturated rings. The number of hydrogen-bond acceptors (Lipinski definition) is 2. The highest BCUT2D eigenvalue weighted by Gasteiger charge is 2.14. The van der Waals surface area contributed by atoms with Crippen molar-refractivity contribution in [2.45, 2.75) is 20.8 Å². The summed E-state index contributed by atoms with van der Waals surface area (Å²) in [4.78, 5) is 6.94. The topological polar surface area (TPSA) is 15.6 Å². The van der Waals surface area contributed by atoms with Gasteiger partial charge in [0, 0.05) is 24.5 Å². The standard InChI is InChI=1S/C26H28N2/c1-4-27-24(19-17-22-12-7-6-11-21(22)3)14-10-15-25-20-18-23-13-8-9-16-26(23)28(25)5-2/h6-20H,4-5H2,1-3H3/b14-10-,19-17-,25-15-,27-24+. The molecule has 28 heavy (non-hydrogen) atoms. The lowest BCUT2D eigenvalue weighted by Crippen LogP contribution is -2.23. The van der Waals surface area contributed by atoms with Crippen LogP contribution in [-0.2, 0) is 0 Å². The van der Waals surface area contributed by atoms with Crippen molar-refractivity contribution in [1.29, 1.82) is 0 Å². The van der Waals surface area contributed by atoms with Gasteiger partial charge in [-0.2, -0.15) is 0 Å². The molecule has 1 aliphatic rings. The number of para-hydroxylation sites is 1. The van der Waals surface area contributed by atoms with Gasteiger partial charge in [-0.3, -0.25) is 4.99 Å². The molecule has 1 aliphatic heterocycles. The zero-order valence-corrected chi connectivity index (χ0v) is 17.0. The Kier molecular flexibility index (Phi) is 6.80. The van der Waals surface area contributed by atoms with Crippen molar-refractivity contribution in [3.8, 4) is 0 Å². The number of nitrogens with zero attached hydrogens (tertiary/aromatic N) is 2. The van der Waals surface area contributed by atoms with Gasteiger partial charge < -0.3 is 4.90 Å². The first-order valence-corrected chi connectivity index (χ1v) is 9.94. The smallest absolute Gasteiger partial charge is 0.0574 e. The third-order valence-electron chi connectivity index (χ3n) is 4.79. The van der Waals surface area contributed by atoms with E-state index in [9.17, 15) is 0 Å². The normalized spacial score (nSPS) is 15.8. The highest BCUT2D eigenvalue weighted by molar-refractivity contribution is 6.06. The predicted octanol–water partition coefficient (Wildman–Crippen LogP) is 6.46. The molecule has 2 aromatic rings.